The zero-order valence-corrected chi connectivity index (χ0v) is 11.6. The lowest BCUT2D eigenvalue weighted by molar-refractivity contribution is 0.503. The predicted molar refractivity (Wildman–Crippen MR) is 77.8 cm³/mol. The van der Waals surface area contributed by atoms with Gasteiger partial charge in [-0.3, -0.25) is 4.21 Å². The predicted octanol–water partition coefficient (Wildman–Crippen LogP) is 4.39. The van der Waals surface area contributed by atoms with Gasteiger partial charge >= 0.3 is 0 Å². The van der Waals surface area contributed by atoms with Crippen molar-refractivity contribution in [3.63, 3.8) is 0 Å². The Bertz CT molecular complexity index is 698. The third-order valence-electron chi connectivity index (χ3n) is 2.84. The van der Waals surface area contributed by atoms with Crippen molar-refractivity contribution in [3.8, 4) is 0 Å². The summed E-state index contributed by atoms with van der Waals surface area (Å²) in [6.45, 7) is 0. The van der Waals surface area contributed by atoms with E-state index in [0.717, 1.165) is 16.5 Å². The van der Waals surface area contributed by atoms with E-state index in [9.17, 15) is 4.21 Å². The Balaban J connectivity index is 1.85. The first-order valence-corrected chi connectivity index (χ1v) is 7.53. The molecule has 0 saturated carbocycles. The highest BCUT2D eigenvalue weighted by atomic mass is 35.5. The van der Waals surface area contributed by atoms with Gasteiger partial charge in [0.15, 0.2) is 5.09 Å². The molecule has 0 spiro atoms. The average Bonchev–Trinajstić information content (AvgIpc) is 2.85. The molecule has 3 aromatic rings. The molecule has 0 N–H and O–H groups in total. The largest absolute Gasteiger partial charge is 0.447 e. The van der Waals surface area contributed by atoms with Crippen molar-refractivity contribution in [2.75, 3.05) is 0 Å². The first-order chi connectivity index (χ1) is 9.22. The summed E-state index contributed by atoms with van der Waals surface area (Å²) in [6.07, 6.45) is 0. The highest BCUT2D eigenvalue weighted by Gasteiger charge is 2.11. The van der Waals surface area contributed by atoms with Crippen LogP contribution in [0.15, 0.2) is 64.1 Å². The molecule has 0 aliphatic rings. The minimum atomic E-state index is -1.18. The van der Waals surface area contributed by atoms with E-state index in [1.54, 1.807) is 12.1 Å². The molecule has 0 saturated heterocycles. The third kappa shape index (κ3) is 2.72. The van der Waals surface area contributed by atoms with Crippen LogP contribution in [-0.4, -0.2) is 4.21 Å². The second-order valence-corrected chi connectivity index (χ2v) is 6.04. The van der Waals surface area contributed by atoms with Crippen molar-refractivity contribution in [3.05, 3.63) is 65.2 Å². The van der Waals surface area contributed by atoms with E-state index in [1.807, 2.05) is 42.5 Å². The number of fused-ring (bicyclic) bond motifs is 1. The Morgan fingerprint density at radius 3 is 2.53 bits per heavy atom. The van der Waals surface area contributed by atoms with Crippen molar-refractivity contribution in [1.29, 1.82) is 0 Å². The van der Waals surface area contributed by atoms with Crippen molar-refractivity contribution in [2.45, 2.75) is 10.8 Å². The second kappa shape index (κ2) is 5.19. The summed E-state index contributed by atoms with van der Waals surface area (Å²) in [5.41, 5.74) is 1.74. The fourth-order valence-corrected chi connectivity index (χ4v) is 3.08. The van der Waals surface area contributed by atoms with E-state index in [4.69, 9.17) is 16.0 Å². The van der Waals surface area contributed by atoms with Crippen LogP contribution < -0.4 is 0 Å². The van der Waals surface area contributed by atoms with Gasteiger partial charge in [0.05, 0.1) is 16.6 Å². The smallest absolute Gasteiger partial charge is 0.192 e. The standard InChI is InChI=1S/C15H11ClO2S/c16-13-7-5-11(6-8-13)10-19(17)15-9-12-3-1-2-4-14(12)18-15/h1-9H,10H2/t19-/m1/s1. The van der Waals surface area contributed by atoms with Gasteiger partial charge in [0.2, 0.25) is 0 Å². The van der Waals surface area contributed by atoms with Gasteiger partial charge in [-0.2, -0.15) is 0 Å². The molecule has 0 fully saturated rings. The number of rotatable bonds is 3. The van der Waals surface area contributed by atoms with Gasteiger partial charge in [-0.05, 0) is 23.8 Å². The SMILES string of the molecule is O=[S@](Cc1ccc(Cl)cc1)c1cc2ccccc2o1. The van der Waals surface area contributed by atoms with Gasteiger partial charge in [-0.1, -0.05) is 41.9 Å². The zero-order chi connectivity index (χ0) is 13.2. The Morgan fingerprint density at radius 1 is 1.05 bits per heavy atom. The topological polar surface area (TPSA) is 30.2 Å². The van der Waals surface area contributed by atoms with Crippen LogP contribution in [0, 0.1) is 0 Å². The van der Waals surface area contributed by atoms with Gasteiger partial charge in [0, 0.05) is 16.5 Å². The maximum absolute atomic E-state index is 12.3. The molecule has 2 aromatic carbocycles. The van der Waals surface area contributed by atoms with Gasteiger partial charge in [0.25, 0.3) is 0 Å². The molecule has 1 atom stereocenters. The quantitative estimate of drug-likeness (QED) is 0.716. The zero-order valence-electron chi connectivity index (χ0n) is 10.0. The lowest BCUT2D eigenvalue weighted by Gasteiger charge is -1.99. The summed E-state index contributed by atoms with van der Waals surface area (Å²) in [5, 5.41) is 2.16. The third-order valence-corrected chi connectivity index (χ3v) is 4.34. The van der Waals surface area contributed by atoms with E-state index in [1.165, 1.54) is 0 Å². The van der Waals surface area contributed by atoms with E-state index >= 15 is 0 Å². The first kappa shape index (κ1) is 12.5. The molecule has 0 aliphatic heterocycles. The lowest BCUT2D eigenvalue weighted by atomic mass is 10.2. The van der Waals surface area contributed by atoms with Gasteiger partial charge in [0.1, 0.15) is 5.58 Å². The van der Waals surface area contributed by atoms with Crippen molar-refractivity contribution >= 4 is 33.4 Å². The summed E-state index contributed by atoms with van der Waals surface area (Å²) in [6, 6.07) is 16.8. The normalized spacial score (nSPS) is 12.7. The van der Waals surface area contributed by atoms with Gasteiger partial charge in [-0.25, -0.2) is 0 Å². The van der Waals surface area contributed by atoms with Crippen LogP contribution in [0.5, 0.6) is 0 Å². The van der Waals surface area contributed by atoms with E-state index in [2.05, 4.69) is 0 Å². The van der Waals surface area contributed by atoms with Gasteiger partial charge in [-0.15, -0.1) is 0 Å². The monoisotopic (exact) mass is 290 g/mol. The molecule has 0 amide bonds. The molecule has 19 heavy (non-hydrogen) atoms. The minimum Gasteiger partial charge on any atom is -0.447 e. The van der Waals surface area contributed by atoms with Crippen LogP contribution in [-0.2, 0) is 16.6 Å². The highest BCUT2D eigenvalue weighted by molar-refractivity contribution is 7.84. The van der Waals surface area contributed by atoms with Crippen molar-refractivity contribution in [2.24, 2.45) is 0 Å². The second-order valence-electron chi connectivity index (χ2n) is 4.22. The van der Waals surface area contributed by atoms with Gasteiger partial charge < -0.3 is 4.42 Å². The number of halogens is 1. The molecular formula is C15H11ClO2S. The molecule has 96 valence electrons. The van der Waals surface area contributed by atoms with Crippen LogP contribution in [0.25, 0.3) is 11.0 Å². The Labute approximate surface area is 118 Å². The summed E-state index contributed by atoms with van der Waals surface area (Å²) in [4.78, 5) is 0. The molecule has 3 rings (SSSR count). The molecule has 2 nitrogen and oxygen atoms in total. The maximum Gasteiger partial charge on any atom is 0.192 e. The maximum atomic E-state index is 12.3. The number of hydrogen-bond acceptors (Lipinski definition) is 2. The fraction of sp³-hybridized carbons (Fsp3) is 0.0667. The van der Waals surface area contributed by atoms with Crippen LogP contribution in [0.3, 0.4) is 0 Å². The summed E-state index contributed by atoms with van der Waals surface area (Å²) < 4.78 is 17.9. The lowest BCUT2D eigenvalue weighted by Crippen LogP contribution is -1.94. The molecule has 0 aliphatic carbocycles. The molecule has 0 unspecified atom stereocenters. The van der Waals surface area contributed by atoms with Crippen LogP contribution in [0.1, 0.15) is 5.56 Å². The highest BCUT2D eigenvalue weighted by Crippen LogP contribution is 2.23. The van der Waals surface area contributed by atoms with E-state index < -0.39 is 10.8 Å². The summed E-state index contributed by atoms with van der Waals surface area (Å²) >= 11 is 5.82. The van der Waals surface area contributed by atoms with Crippen LogP contribution in [0.2, 0.25) is 5.02 Å². The summed E-state index contributed by atoms with van der Waals surface area (Å²) in [7, 11) is -1.18. The Kier molecular flexibility index (Phi) is 3.40. The minimum absolute atomic E-state index is 0.428. The van der Waals surface area contributed by atoms with E-state index in [0.29, 0.717) is 15.9 Å². The molecule has 1 heterocycles. The molecule has 0 radical (unpaired) electrons. The first-order valence-electron chi connectivity index (χ1n) is 5.84. The fourth-order valence-electron chi connectivity index (χ4n) is 1.87. The molecule has 1 aromatic heterocycles. The molecule has 4 heteroatoms. The summed E-state index contributed by atoms with van der Waals surface area (Å²) in [5.74, 6) is 0.428. The number of hydrogen-bond donors (Lipinski definition) is 0. The van der Waals surface area contributed by atoms with E-state index in [-0.39, 0.29) is 0 Å². The van der Waals surface area contributed by atoms with Crippen molar-refractivity contribution in [1.82, 2.24) is 0 Å². The van der Waals surface area contributed by atoms with Crippen molar-refractivity contribution < 1.29 is 8.63 Å². The number of para-hydroxylation sites is 1. The number of benzene rings is 2. The van der Waals surface area contributed by atoms with Crippen LogP contribution in [0.4, 0.5) is 0 Å². The Hall–Kier alpha value is -1.58. The molecule has 0 bridgehead atoms. The number of furan rings is 1. The Morgan fingerprint density at radius 2 is 1.79 bits per heavy atom. The molecular weight excluding hydrogens is 280 g/mol. The van der Waals surface area contributed by atoms with Crippen LogP contribution >= 0.6 is 11.6 Å². The average molecular weight is 291 g/mol.